The number of imidazole rings is 1. The van der Waals surface area contributed by atoms with Gasteiger partial charge in [-0.25, -0.2) is 9.37 Å². The van der Waals surface area contributed by atoms with Gasteiger partial charge in [0.25, 0.3) is 5.91 Å². The van der Waals surface area contributed by atoms with Crippen LogP contribution < -0.4 is 5.73 Å². The summed E-state index contributed by atoms with van der Waals surface area (Å²) in [5.74, 6) is -0.298. The van der Waals surface area contributed by atoms with Crippen molar-refractivity contribution in [3.05, 3.63) is 82.7 Å². The molecule has 2 aromatic carbocycles. The molecule has 0 unspecified atom stereocenters. The standard InChI is InChI=1S/C19H15FN4O/c1-11-23-18(19(21)25)16-10-22-17(12-6-2-4-8-14(12)20)13-7-3-5-9-15(13)24(11)16/h2-9H,10H2,1H3,(H2,21,25). The van der Waals surface area contributed by atoms with Crippen LogP contribution in [0.1, 0.15) is 33.1 Å². The largest absolute Gasteiger partial charge is 0.364 e. The van der Waals surface area contributed by atoms with E-state index in [1.807, 2.05) is 28.8 Å². The average molecular weight is 334 g/mol. The van der Waals surface area contributed by atoms with Gasteiger partial charge in [-0.2, -0.15) is 0 Å². The second-order valence-corrected chi connectivity index (χ2v) is 5.82. The minimum Gasteiger partial charge on any atom is -0.364 e. The van der Waals surface area contributed by atoms with E-state index in [2.05, 4.69) is 9.98 Å². The summed E-state index contributed by atoms with van der Waals surface area (Å²) in [6.07, 6.45) is 0. The number of nitrogens with two attached hydrogens (primary N) is 1. The number of primary amides is 1. The summed E-state index contributed by atoms with van der Waals surface area (Å²) in [6, 6.07) is 14.1. The number of para-hydroxylation sites is 1. The van der Waals surface area contributed by atoms with Gasteiger partial charge < -0.3 is 5.73 Å². The number of rotatable bonds is 2. The molecule has 3 aromatic rings. The number of halogens is 1. The van der Waals surface area contributed by atoms with Crippen LogP contribution in [-0.2, 0) is 6.54 Å². The van der Waals surface area contributed by atoms with Gasteiger partial charge in [0.15, 0.2) is 5.69 Å². The lowest BCUT2D eigenvalue weighted by Gasteiger charge is -2.13. The molecule has 124 valence electrons. The number of carbonyl (C=O) groups excluding carboxylic acids is 1. The van der Waals surface area contributed by atoms with E-state index in [1.54, 1.807) is 25.1 Å². The van der Waals surface area contributed by atoms with Crippen molar-refractivity contribution in [1.82, 2.24) is 9.55 Å². The Morgan fingerprint density at radius 3 is 2.52 bits per heavy atom. The van der Waals surface area contributed by atoms with Crippen LogP contribution in [0.3, 0.4) is 0 Å². The number of fused-ring (bicyclic) bond motifs is 3. The molecule has 0 bridgehead atoms. The van der Waals surface area contributed by atoms with E-state index < -0.39 is 5.91 Å². The van der Waals surface area contributed by atoms with Gasteiger partial charge >= 0.3 is 0 Å². The monoisotopic (exact) mass is 334 g/mol. The Balaban J connectivity index is 2.02. The fraction of sp³-hybridized carbons (Fsp3) is 0.105. The molecule has 0 atom stereocenters. The molecule has 0 saturated carbocycles. The SMILES string of the molecule is Cc1nc(C(N)=O)c2n1-c1ccccc1C(c1ccccc1F)=NC2. The molecular weight excluding hydrogens is 319 g/mol. The summed E-state index contributed by atoms with van der Waals surface area (Å²) >= 11 is 0. The van der Waals surface area contributed by atoms with Crippen LogP contribution in [0, 0.1) is 12.7 Å². The van der Waals surface area contributed by atoms with Crippen molar-refractivity contribution in [3.8, 4) is 5.69 Å². The average Bonchev–Trinajstić information content (AvgIpc) is 2.83. The first-order valence-corrected chi connectivity index (χ1v) is 7.85. The van der Waals surface area contributed by atoms with Crippen molar-refractivity contribution in [3.63, 3.8) is 0 Å². The molecule has 0 spiro atoms. The molecule has 1 amide bonds. The van der Waals surface area contributed by atoms with Crippen LogP contribution in [-0.4, -0.2) is 21.2 Å². The highest BCUT2D eigenvalue weighted by atomic mass is 19.1. The maximum absolute atomic E-state index is 14.4. The van der Waals surface area contributed by atoms with Crippen LogP contribution >= 0.6 is 0 Å². The van der Waals surface area contributed by atoms with Crippen molar-refractivity contribution in [2.45, 2.75) is 13.5 Å². The predicted molar refractivity (Wildman–Crippen MR) is 92.6 cm³/mol. The summed E-state index contributed by atoms with van der Waals surface area (Å²) in [7, 11) is 0. The second-order valence-electron chi connectivity index (χ2n) is 5.82. The Morgan fingerprint density at radius 1 is 1.12 bits per heavy atom. The molecule has 2 N–H and O–H groups in total. The summed E-state index contributed by atoms with van der Waals surface area (Å²) < 4.78 is 16.2. The second kappa shape index (κ2) is 5.66. The Kier molecular flexibility index (Phi) is 3.46. The number of hydrogen-bond donors (Lipinski definition) is 1. The third-order valence-electron chi connectivity index (χ3n) is 4.29. The topological polar surface area (TPSA) is 73.3 Å². The molecule has 0 aliphatic carbocycles. The Morgan fingerprint density at radius 2 is 1.80 bits per heavy atom. The highest BCUT2D eigenvalue weighted by molar-refractivity contribution is 6.15. The van der Waals surface area contributed by atoms with Crippen molar-refractivity contribution < 1.29 is 9.18 Å². The van der Waals surface area contributed by atoms with Gasteiger partial charge in [-0.3, -0.25) is 14.4 Å². The van der Waals surface area contributed by atoms with Crippen molar-refractivity contribution in [1.29, 1.82) is 0 Å². The number of nitrogens with zero attached hydrogens (tertiary/aromatic N) is 3. The zero-order valence-corrected chi connectivity index (χ0v) is 13.5. The Labute approximate surface area is 143 Å². The minimum absolute atomic E-state index is 0.192. The lowest BCUT2D eigenvalue weighted by molar-refractivity contribution is 0.0995. The van der Waals surface area contributed by atoms with E-state index in [1.165, 1.54) is 6.07 Å². The maximum atomic E-state index is 14.4. The summed E-state index contributed by atoms with van der Waals surface area (Å²) in [4.78, 5) is 20.6. The van der Waals surface area contributed by atoms with Gasteiger partial charge in [-0.05, 0) is 25.1 Å². The fourth-order valence-electron chi connectivity index (χ4n) is 3.23. The van der Waals surface area contributed by atoms with Crippen LogP contribution in [0.15, 0.2) is 53.5 Å². The van der Waals surface area contributed by atoms with Gasteiger partial charge in [0.1, 0.15) is 11.6 Å². The summed E-state index contributed by atoms with van der Waals surface area (Å²) in [5, 5.41) is 0. The molecule has 4 rings (SSSR count). The lowest BCUT2D eigenvalue weighted by atomic mass is 10.00. The molecule has 0 radical (unpaired) electrons. The lowest BCUT2D eigenvalue weighted by Crippen LogP contribution is -2.14. The van der Waals surface area contributed by atoms with Crippen LogP contribution in [0.2, 0.25) is 0 Å². The van der Waals surface area contributed by atoms with Crippen molar-refractivity contribution >= 4 is 11.6 Å². The van der Waals surface area contributed by atoms with Gasteiger partial charge in [0, 0.05) is 11.1 Å². The van der Waals surface area contributed by atoms with E-state index in [9.17, 15) is 9.18 Å². The van der Waals surface area contributed by atoms with E-state index >= 15 is 0 Å². The molecule has 0 saturated heterocycles. The molecule has 0 fully saturated rings. The molecule has 1 aliphatic rings. The zero-order chi connectivity index (χ0) is 17.6. The molecule has 2 heterocycles. The van der Waals surface area contributed by atoms with E-state index in [0.717, 1.165) is 11.3 Å². The number of benzene rings is 2. The summed E-state index contributed by atoms with van der Waals surface area (Å²) in [6.45, 7) is 2.00. The molecule has 6 heteroatoms. The third-order valence-corrected chi connectivity index (χ3v) is 4.29. The van der Waals surface area contributed by atoms with Crippen LogP contribution in [0.25, 0.3) is 5.69 Å². The highest BCUT2D eigenvalue weighted by Crippen LogP contribution is 2.28. The smallest absolute Gasteiger partial charge is 0.269 e. The van der Waals surface area contributed by atoms with E-state index in [4.69, 9.17) is 5.73 Å². The predicted octanol–water partition coefficient (Wildman–Crippen LogP) is 2.77. The fourth-order valence-corrected chi connectivity index (χ4v) is 3.23. The minimum atomic E-state index is -0.598. The summed E-state index contributed by atoms with van der Waals surface area (Å²) in [5.41, 5.74) is 8.84. The normalized spacial score (nSPS) is 12.8. The van der Waals surface area contributed by atoms with Crippen LogP contribution in [0.5, 0.6) is 0 Å². The van der Waals surface area contributed by atoms with Gasteiger partial charge in [0.2, 0.25) is 0 Å². The number of aryl methyl sites for hydroxylation is 1. The van der Waals surface area contributed by atoms with E-state index in [0.29, 0.717) is 22.8 Å². The zero-order valence-electron chi connectivity index (χ0n) is 13.5. The number of aliphatic imine (C=N–C) groups is 1. The third kappa shape index (κ3) is 2.34. The van der Waals surface area contributed by atoms with Crippen LogP contribution in [0.4, 0.5) is 4.39 Å². The van der Waals surface area contributed by atoms with Gasteiger partial charge in [-0.15, -0.1) is 0 Å². The maximum Gasteiger partial charge on any atom is 0.269 e. The number of hydrogen-bond acceptors (Lipinski definition) is 3. The van der Waals surface area contributed by atoms with Gasteiger partial charge in [-0.1, -0.05) is 30.3 Å². The Hall–Kier alpha value is -3.28. The number of aromatic nitrogens is 2. The van der Waals surface area contributed by atoms with Gasteiger partial charge in [0.05, 0.1) is 23.6 Å². The van der Waals surface area contributed by atoms with E-state index in [-0.39, 0.29) is 18.1 Å². The first-order valence-electron chi connectivity index (χ1n) is 7.85. The number of carbonyl (C=O) groups is 1. The molecule has 25 heavy (non-hydrogen) atoms. The highest BCUT2D eigenvalue weighted by Gasteiger charge is 2.26. The molecule has 1 aromatic heterocycles. The quantitative estimate of drug-likeness (QED) is 0.782. The Bertz CT molecular complexity index is 1040. The first-order chi connectivity index (χ1) is 12.1. The molecule has 1 aliphatic heterocycles. The molecular formula is C19H15FN4O. The van der Waals surface area contributed by atoms with Crippen molar-refractivity contribution in [2.24, 2.45) is 10.7 Å². The first kappa shape index (κ1) is 15.3. The number of amides is 1. The van der Waals surface area contributed by atoms with Crippen molar-refractivity contribution in [2.75, 3.05) is 0 Å². The molecule has 5 nitrogen and oxygen atoms in total.